The molecule has 1 aromatic carbocycles. The molecule has 8 nitrogen and oxygen atoms in total. The molecule has 0 aliphatic carbocycles. The minimum Gasteiger partial charge on any atom is -0.361 e. The Labute approximate surface area is 150 Å². The number of aromatic amines is 1. The highest BCUT2D eigenvalue weighted by Crippen LogP contribution is 2.26. The highest BCUT2D eigenvalue weighted by molar-refractivity contribution is 5.82. The van der Waals surface area contributed by atoms with Crippen LogP contribution in [0.1, 0.15) is 24.7 Å². The quantitative estimate of drug-likeness (QED) is 0.523. The summed E-state index contributed by atoms with van der Waals surface area (Å²) in [6.07, 6.45) is 5.51. The Morgan fingerprint density at radius 1 is 1.19 bits per heavy atom. The van der Waals surface area contributed by atoms with E-state index in [2.05, 4.69) is 53.3 Å². The SMILES string of the molecule is c1ccc2c(c1)nc(CNc1ncnc3nc[nH]c13)n2[C@@H]1CCCNC1. The zero-order valence-corrected chi connectivity index (χ0v) is 14.3. The summed E-state index contributed by atoms with van der Waals surface area (Å²) < 4.78 is 2.37. The standard InChI is InChI=1S/C18H20N8/c1-2-6-14-13(5-1)25-15(26(14)12-4-3-7-19-8-12)9-20-17-16-18(22-10-21-16)24-11-23-17/h1-2,5-6,10-12,19H,3-4,7-9H2,(H2,20,21,22,23,24)/t12-/m1/s1. The van der Waals surface area contributed by atoms with Crippen molar-refractivity contribution in [2.45, 2.75) is 25.4 Å². The van der Waals surface area contributed by atoms with Gasteiger partial charge in [-0.15, -0.1) is 0 Å². The van der Waals surface area contributed by atoms with E-state index in [0.29, 0.717) is 18.2 Å². The second-order valence-corrected chi connectivity index (χ2v) is 6.56. The van der Waals surface area contributed by atoms with Gasteiger partial charge in [0.15, 0.2) is 11.5 Å². The molecule has 3 N–H and O–H groups in total. The number of nitrogens with one attached hydrogen (secondary N) is 3. The molecular formula is C18H20N8. The van der Waals surface area contributed by atoms with Gasteiger partial charge in [-0.2, -0.15) is 0 Å². The number of H-pyrrole nitrogens is 1. The van der Waals surface area contributed by atoms with E-state index < -0.39 is 0 Å². The third-order valence-corrected chi connectivity index (χ3v) is 4.94. The molecule has 132 valence electrons. The van der Waals surface area contributed by atoms with Gasteiger partial charge in [0.1, 0.15) is 17.7 Å². The van der Waals surface area contributed by atoms with E-state index in [-0.39, 0.29) is 0 Å². The number of para-hydroxylation sites is 2. The van der Waals surface area contributed by atoms with Crippen LogP contribution in [0.15, 0.2) is 36.9 Å². The molecule has 1 atom stereocenters. The number of anilines is 1. The summed E-state index contributed by atoms with van der Waals surface area (Å²) in [6, 6.07) is 8.76. The first-order chi connectivity index (χ1) is 12.9. The molecule has 0 saturated carbocycles. The van der Waals surface area contributed by atoms with Gasteiger partial charge in [0.2, 0.25) is 0 Å². The van der Waals surface area contributed by atoms with Crippen molar-refractivity contribution in [3.63, 3.8) is 0 Å². The van der Waals surface area contributed by atoms with Gasteiger partial charge in [-0.25, -0.2) is 19.9 Å². The van der Waals surface area contributed by atoms with Gasteiger partial charge in [-0.1, -0.05) is 12.1 Å². The molecule has 0 bridgehead atoms. The number of piperidine rings is 1. The Balaban J connectivity index is 1.51. The molecule has 3 aromatic heterocycles. The zero-order chi connectivity index (χ0) is 17.3. The van der Waals surface area contributed by atoms with Crippen molar-refractivity contribution >= 4 is 28.0 Å². The summed E-state index contributed by atoms with van der Waals surface area (Å²) in [7, 11) is 0. The summed E-state index contributed by atoms with van der Waals surface area (Å²) >= 11 is 0. The normalized spacial score (nSPS) is 17.8. The predicted octanol–water partition coefficient (Wildman–Crippen LogP) is 2.24. The fourth-order valence-corrected chi connectivity index (χ4v) is 3.74. The van der Waals surface area contributed by atoms with Gasteiger partial charge >= 0.3 is 0 Å². The van der Waals surface area contributed by atoms with Crippen molar-refractivity contribution in [3.8, 4) is 0 Å². The summed E-state index contributed by atoms with van der Waals surface area (Å²) in [5.41, 5.74) is 3.69. The van der Waals surface area contributed by atoms with Crippen LogP contribution < -0.4 is 10.6 Å². The fourth-order valence-electron chi connectivity index (χ4n) is 3.74. The van der Waals surface area contributed by atoms with Crippen LogP contribution in [0.3, 0.4) is 0 Å². The molecule has 0 amide bonds. The number of imidazole rings is 2. The molecule has 1 aliphatic rings. The Kier molecular flexibility index (Phi) is 3.75. The molecule has 1 saturated heterocycles. The lowest BCUT2D eigenvalue weighted by molar-refractivity contribution is 0.371. The van der Waals surface area contributed by atoms with Crippen LogP contribution in [0.2, 0.25) is 0 Å². The van der Waals surface area contributed by atoms with E-state index in [9.17, 15) is 0 Å². The minimum absolute atomic E-state index is 0.422. The van der Waals surface area contributed by atoms with Crippen LogP contribution in [0.25, 0.3) is 22.2 Å². The van der Waals surface area contributed by atoms with Gasteiger partial charge < -0.3 is 20.2 Å². The van der Waals surface area contributed by atoms with Crippen LogP contribution in [0.5, 0.6) is 0 Å². The average molecular weight is 348 g/mol. The topological polar surface area (TPSA) is 96.3 Å². The molecular weight excluding hydrogens is 328 g/mol. The maximum Gasteiger partial charge on any atom is 0.182 e. The Hall–Kier alpha value is -3.00. The highest BCUT2D eigenvalue weighted by atomic mass is 15.2. The van der Waals surface area contributed by atoms with Crippen molar-refractivity contribution in [2.75, 3.05) is 18.4 Å². The summed E-state index contributed by atoms with van der Waals surface area (Å²) in [5, 5.41) is 6.91. The lowest BCUT2D eigenvalue weighted by Crippen LogP contribution is -2.32. The van der Waals surface area contributed by atoms with Gasteiger partial charge in [-0.3, -0.25) is 0 Å². The molecule has 1 fully saturated rings. The number of aromatic nitrogens is 6. The van der Waals surface area contributed by atoms with Crippen molar-refractivity contribution in [1.82, 2.24) is 34.8 Å². The lowest BCUT2D eigenvalue weighted by Gasteiger charge is -2.26. The smallest absolute Gasteiger partial charge is 0.182 e. The largest absolute Gasteiger partial charge is 0.361 e. The first kappa shape index (κ1) is 15.3. The molecule has 0 radical (unpaired) electrons. The van der Waals surface area contributed by atoms with E-state index in [0.717, 1.165) is 35.8 Å². The number of hydrogen-bond acceptors (Lipinski definition) is 6. The lowest BCUT2D eigenvalue weighted by atomic mass is 10.1. The van der Waals surface area contributed by atoms with Crippen LogP contribution in [0.4, 0.5) is 5.82 Å². The molecule has 1 aliphatic heterocycles. The number of fused-ring (bicyclic) bond motifs is 2. The third kappa shape index (κ3) is 2.59. The number of benzene rings is 1. The van der Waals surface area contributed by atoms with Crippen molar-refractivity contribution in [3.05, 3.63) is 42.7 Å². The Morgan fingerprint density at radius 2 is 2.15 bits per heavy atom. The van der Waals surface area contributed by atoms with Crippen molar-refractivity contribution < 1.29 is 0 Å². The third-order valence-electron chi connectivity index (χ3n) is 4.94. The molecule has 8 heteroatoms. The predicted molar refractivity (Wildman–Crippen MR) is 99.9 cm³/mol. The van der Waals surface area contributed by atoms with E-state index >= 15 is 0 Å². The van der Waals surface area contributed by atoms with E-state index in [1.165, 1.54) is 24.7 Å². The van der Waals surface area contributed by atoms with Crippen molar-refractivity contribution in [2.24, 2.45) is 0 Å². The van der Waals surface area contributed by atoms with Gasteiger partial charge in [0.05, 0.1) is 23.9 Å². The van der Waals surface area contributed by atoms with Crippen LogP contribution in [-0.2, 0) is 6.54 Å². The van der Waals surface area contributed by atoms with Gasteiger partial charge in [-0.05, 0) is 31.5 Å². The second-order valence-electron chi connectivity index (χ2n) is 6.56. The maximum absolute atomic E-state index is 4.87. The molecule has 5 rings (SSSR count). The minimum atomic E-state index is 0.422. The second kappa shape index (κ2) is 6.38. The Bertz CT molecular complexity index is 1040. The van der Waals surface area contributed by atoms with E-state index in [4.69, 9.17) is 4.98 Å². The first-order valence-corrected chi connectivity index (χ1v) is 8.94. The van der Waals surface area contributed by atoms with Crippen molar-refractivity contribution in [1.29, 1.82) is 0 Å². The maximum atomic E-state index is 4.87. The van der Waals surface area contributed by atoms with Crippen LogP contribution in [-0.4, -0.2) is 42.6 Å². The summed E-state index contributed by atoms with van der Waals surface area (Å²) in [5.74, 6) is 1.76. The van der Waals surface area contributed by atoms with E-state index in [1.54, 1.807) is 6.33 Å². The number of nitrogens with zero attached hydrogens (tertiary/aromatic N) is 5. The monoisotopic (exact) mass is 348 g/mol. The highest BCUT2D eigenvalue weighted by Gasteiger charge is 2.21. The van der Waals surface area contributed by atoms with Gasteiger partial charge in [0.25, 0.3) is 0 Å². The first-order valence-electron chi connectivity index (χ1n) is 8.94. The Morgan fingerprint density at radius 3 is 3.08 bits per heavy atom. The molecule has 4 aromatic rings. The zero-order valence-electron chi connectivity index (χ0n) is 14.3. The van der Waals surface area contributed by atoms with Crippen LogP contribution in [0, 0.1) is 0 Å². The van der Waals surface area contributed by atoms with E-state index in [1.807, 2.05) is 6.07 Å². The summed E-state index contributed by atoms with van der Waals surface area (Å²) in [4.78, 5) is 20.7. The summed E-state index contributed by atoms with van der Waals surface area (Å²) in [6.45, 7) is 2.66. The number of rotatable bonds is 4. The van der Waals surface area contributed by atoms with Gasteiger partial charge in [0, 0.05) is 12.6 Å². The van der Waals surface area contributed by atoms with Crippen LogP contribution >= 0.6 is 0 Å². The molecule has 0 spiro atoms. The fraction of sp³-hybridized carbons (Fsp3) is 0.333. The molecule has 0 unspecified atom stereocenters. The number of hydrogen-bond donors (Lipinski definition) is 3. The molecule has 26 heavy (non-hydrogen) atoms. The average Bonchev–Trinajstić information content (AvgIpc) is 3.31. The molecule has 4 heterocycles.